The van der Waals surface area contributed by atoms with Crippen LogP contribution in [0.1, 0.15) is 52.9 Å². The Morgan fingerprint density at radius 1 is 1.09 bits per heavy atom. The van der Waals surface area contributed by atoms with Crippen molar-refractivity contribution >= 4 is 29.9 Å². The molecule has 0 aromatic carbocycles. The number of unbranched alkanes of at least 4 members (excludes halogenated alkanes) is 3. The van der Waals surface area contributed by atoms with Gasteiger partial charge in [0.2, 0.25) is 0 Å². The third kappa shape index (κ3) is 16.3. The van der Waals surface area contributed by atoms with Gasteiger partial charge in [0.05, 0.1) is 26.4 Å². The Balaban J connectivity index is 0. The number of methoxy groups -OCH3 is 1. The molecule has 0 aliphatic carbocycles. The molecule has 0 radical (unpaired) electrons. The zero-order valence-electron chi connectivity index (χ0n) is 14.8. The Kier molecular flexibility index (Phi) is 20.8. The van der Waals surface area contributed by atoms with Gasteiger partial charge < -0.3 is 20.1 Å². The Morgan fingerprint density at radius 2 is 1.86 bits per heavy atom. The molecule has 0 rings (SSSR count). The number of rotatable bonds is 13. The molecule has 5 nitrogen and oxygen atoms in total. The molecular weight excluding hydrogens is 393 g/mol. The van der Waals surface area contributed by atoms with Crippen molar-refractivity contribution < 1.29 is 9.47 Å². The van der Waals surface area contributed by atoms with Crippen LogP contribution in [0.5, 0.6) is 0 Å². The molecule has 0 fully saturated rings. The number of ether oxygens (including phenoxy) is 2. The zero-order chi connectivity index (χ0) is 15.8. The van der Waals surface area contributed by atoms with E-state index in [1.807, 2.05) is 0 Å². The predicted molar refractivity (Wildman–Crippen MR) is 105 cm³/mol. The highest BCUT2D eigenvalue weighted by molar-refractivity contribution is 14.0. The lowest BCUT2D eigenvalue weighted by atomic mass is 10.1. The fourth-order valence-corrected chi connectivity index (χ4v) is 1.97. The van der Waals surface area contributed by atoms with Crippen LogP contribution < -0.4 is 10.6 Å². The van der Waals surface area contributed by atoms with Gasteiger partial charge in [0.25, 0.3) is 0 Å². The Bertz CT molecular complexity index is 254. The van der Waals surface area contributed by atoms with Crippen LogP contribution in [0, 0.1) is 0 Å². The van der Waals surface area contributed by atoms with E-state index in [4.69, 9.17) is 9.47 Å². The van der Waals surface area contributed by atoms with Crippen LogP contribution in [-0.4, -0.2) is 52.0 Å². The molecule has 0 amide bonds. The molecule has 22 heavy (non-hydrogen) atoms. The molecule has 0 saturated heterocycles. The number of aliphatic imine (C=N–C) groups is 1. The highest BCUT2D eigenvalue weighted by atomic mass is 127. The maximum Gasteiger partial charge on any atom is 0.191 e. The summed E-state index contributed by atoms with van der Waals surface area (Å²) in [5.41, 5.74) is 0. The number of nitrogens with one attached hydrogen (secondary N) is 2. The van der Waals surface area contributed by atoms with E-state index in [1.165, 1.54) is 32.1 Å². The lowest BCUT2D eigenvalue weighted by Crippen LogP contribution is -2.42. The van der Waals surface area contributed by atoms with Crippen molar-refractivity contribution in [2.75, 3.05) is 40.0 Å². The van der Waals surface area contributed by atoms with E-state index in [1.54, 1.807) is 7.11 Å². The zero-order valence-corrected chi connectivity index (χ0v) is 17.2. The number of halogens is 1. The summed E-state index contributed by atoms with van der Waals surface area (Å²) < 4.78 is 10.3. The van der Waals surface area contributed by atoms with E-state index in [0.29, 0.717) is 32.4 Å². The molecule has 0 aromatic heterocycles. The van der Waals surface area contributed by atoms with E-state index in [9.17, 15) is 0 Å². The van der Waals surface area contributed by atoms with Gasteiger partial charge in [-0.15, -0.1) is 24.0 Å². The molecule has 0 saturated carbocycles. The van der Waals surface area contributed by atoms with Gasteiger partial charge in [-0.05, 0) is 20.3 Å². The Hall–Kier alpha value is -0.0800. The van der Waals surface area contributed by atoms with Crippen LogP contribution in [0.15, 0.2) is 4.99 Å². The van der Waals surface area contributed by atoms with Crippen LogP contribution in [0.25, 0.3) is 0 Å². The largest absolute Gasteiger partial charge is 0.382 e. The summed E-state index contributed by atoms with van der Waals surface area (Å²) in [6, 6.07) is 0.453. The van der Waals surface area contributed by atoms with Crippen molar-refractivity contribution in [2.24, 2.45) is 4.99 Å². The van der Waals surface area contributed by atoms with Crippen LogP contribution in [0.2, 0.25) is 0 Å². The van der Waals surface area contributed by atoms with E-state index in [-0.39, 0.29) is 24.0 Å². The molecule has 0 bridgehead atoms. The lowest BCUT2D eigenvalue weighted by Gasteiger charge is -2.17. The molecule has 0 heterocycles. The minimum atomic E-state index is 0. The van der Waals surface area contributed by atoms with E-state index in [0.717, 1.165) is 12.5 Å². The van der Waals surface area contributed by atoms with Crippen molar-refractivity contribution in [2.45, 2.75) is 58.9 Å². The van der Waals surface area contributed by atoms with Gasteiger partial charge in [-0.3, -0.25) is 4.99 Å². The van der Waals surface area contributed by atoms with Gasteiger partial charge in [-0.25, -0.2) is 0 Å². The molecule has 0 aliphatic heterocycles. The monoisotopic (exact) mass is 429 g/mol. The van der Waals surface area contributed by atoms with Crippen molar-refractivity contribution in [1.29, 1.82) is 0 Å². The smallest absolute Gasteiger partial charge is 0.191 e. The minimum Gasteiger partial charge on any atom is -0.382 e. The SMILES string of the molecule is CCCCCCC(C)NC(=NCCOCCOC)NCC.I. The van der Waals surface area contributed by atoms with Crippen molar-refractivity contribution in [3.63, 3.8) is 0 Å². The number of hydrogen-bond acceptors (Lipinski definition) is 3. The standard InChI is InChI=1S/C16H35N3O2.HI/c1-5-7-8-9-10-15(3)19-16(17-6-2)18-11-12-21-14-13-20-4;/h15H,5-14H2,1-4H3,(H2,17,18,19);1H. The predicted octanol–water partition coefficient (Wildman–Crippen LogP) is 3.18. The number of guanidine groups is 1. The maximum absolute atomic E-state index is 5.41. The average Bonchev–Trinajstić information content (AvgIpc) is 2.47. The topological polar surface area (TPSA) is 54.9 Å². The fraction of sp³-hybridized carbons (Fsp3) is 0.938. The van der Waals surface area contributed by atoms with Crippen LogP contribution in [0.3, 0.4) is 0 Å². The van der Waals surface area contributed by atoms with Gasteiger partial charge in [0.1, 0.15) is 0 Å². The molecule has 134 valence electrons. The van der Waals surface area contributed by atoms with Crippen molar-refractivity contribution in [1.82, 2.24) is 10.6 Å². The van der Waals surface area contributed by atoms with E-state index < -0.39 is 0 Å². The van der Waals surface area contributed by atoms with Gasteiger partial charge in [0.15, 0.2) is 5.96 Å². The van der Waals surface area contributed by atoms with Crippen molar-refractivity contribution in [3.8, 4) is 0 Å². The summed E-state index contributed by atoms with van der Waals surface area (Å²) in [6.07, 6.45) is 6.41. The summed E-state index contributed by atoms with van der Waals surface area (Å²) in [5.74, 6) is 0.885. The summed E-state index contributed by atoms with van der Waals surface area (Å²) >= 11 is 0. The number of hydrogen-bond donors (Lipinski definition) is 2. The molecular formula is C16H36IN3O2. The van der Waals surface area contributed by atoms with Gasteiger partial charge in [-0.2, -0.15) is 0 Å². The lowest BCUT2D eigenvalue weighted by molar-refractivity contribution is 0.0748. The minimum absolute atomic E-state index is 0. The highest BCUT2D eigenvalue weighted by Gasteiger charge is 2.04. The Labute approximate surface area is 154 Å². The first-order valence-electron chi connectivity index (χ1n) is 8.36. The fourth-order valence-electron chi connectivity index (χ4n) is 1.97. The molecule has 0 aliphatic rings. The van der Waals surface area contributed by atoms with Crippen LogP contribution in [-0.2, 0) is 9.47 Å². The third-order valence-corrected chi connectivity index (χ3v) is 3.16. The van der Waals surface area contributed by atoms with E-state index >= 15 is 0 Å². The van der Waals surface area contributed by atoms with Gasteiger partial charge >= 0.3 is 0 Å². The molecule has 0 aromatic rings. The Morgan fingerprint density at radius 3 is 2.50 bits per heavy atom. The summed E-state index contributed by atoms with van der Waals surface area (Å²) in [7, 11) is 1.68. The maximum atomic E-state index is 5.41. The summed E-state index contributed by atoms with van der Waals surface area (Å²) in [4.78, 5) is 4.52. The first kappa shape index (κ1) is 24.2. The normalized spacial score (nSPS) is 12.6. The van der Waals surface area contributed by atoms with E-state index in [2.05, 4.69) is 36.4 Å². The average molecular weight is 429 g/mol. The molecule has 0 spiro atoms. The molecule has 1 atom stereocenters. The second-order valence-corrected chi connectivity index (χ2v) is 5.26. The third-order valence-electron chi connectivity index (χ3n) is 3.16. The summed E-state index contributed by atoms with van der Waals surface area (Å²) in [5, 5.41) is 6.73. The van der Waals surface area contributed by atoms with Gasteiger partial charge in [-0.1, -0.05) is 32.6 Å². The van der Waals surface area contributed by atoms with Crippen LogP contribution >= 0.6 is 24.0 Å². The molecule has 2 N–H and O–H groups in total. The molecule has 1 unspecified atom stereocenters. The first-order chi connectivity index (χ1) is 10.2. The first-order valence-corrected chi connectivity index (χ1v) is 8.36. The summed E-state index contributed by atoms with van der Waals surface area (Å²) in [6.45, 7) is 9.98. The van der Waals surface area contributed by atoms with Gasteiger partial charge in [0, 0.05) is 19.7 Å². The quantitative estimate of drug-likeness (QED) is 0.204. The highest BCUT2D eigenvalue weighted by Crippen LogP contribution is 2.05. The number of nitrogens with zero attached hydrogens (tertiary/aromatic N) is 1. The van der Waals surface area contributed by atoms with Crippen molar-refractivity contribution in [3.05, 3.63) is 0 Å². The van der Waals surface area contributed by atoms with Crippen LogP contribution in [0.4, 0.5) is 0 Å². The second-order valence-electron chi connectivity index (χ2n) is 5.26. The second kappa shape index (κ2) is 19.0. The molecule has 6 heteroatoms.